The molecule has 4 rings (SSSR count). The van der Waals surface area contributed by atoms with Crippen LogP contribution in [-0.4, -0.2) is 22.3 Å². The van der Waals surface area contributed by atoms with Crippen LogP contribution in [0.25, 0.3) is 0 Å². The number of hydrogen-bond donors (Lipinski definition) is 1. The Morgan fingerprint density at radius 1 is 1.14 bits per heavy atom. The van der Waals surface area contributed by atoms with Gasteiger partial charge < -0.3 is 10.2 Å². The lowest BCUT2D eigenvalue weighted by Crippen LogP contribution is -2.26. The maximum absolute atomic E-state index is 4.46. The molecule has 2 heterocycles. The molecule has 2 saturated carbocycles. The molecule has 0 radical (unpaired) electrons. The molecule has 2 fully saturated rings. The SMILES string of the molecule is c1csc(CN(c2ccc(CNC3CC3)nn2)C2CC2)c1. The van der Waals surface area contributed by atoms with E-state index in [2.05, 4.69) is 50.1 Å². The summed E-state index contributed by atoms with van der Waals surface area (Å²) >= 11 is 1.81. The topological polar surface area (TPSA) is 41.0 Å². The highest BCUT2D eigenvalue weighted by Crippen LogP contribution is 2.32. The molecule has 0 bridgehead atoms. The number of hydrogen-bond acceptors (Lipinski definition) is 5. The smallest absolute Gasteiger partial charge is 0.151 e. The molecule has 4 nitrogen and oxygen atoms in total. The number of nitrogens with one attached hydrogen (secondary N) is 1. The standard InChI is InChI=1S/C16H20N4S/c1-2-15(21-9-1)11-20(14-6-7-14)16-8-5-13(18-19-16)10-17-12-3-4-12/h1-2,5,8-9,12,14,17H,3-4,6-7,10-11H2. The highest BCUT2D eigenvalue weighted by Gasteiger charge is 2.30. The van der Waals surface area contributed by atoms with E-state index < -0.39 is 0 Å². The summed E-state index contributed by atoms with van der Waals surface area (Å²) in [5, 5.41) is 14.5. The lowest BCUT2D eigenvalue weighted by molar-refractivity contribution is 0.662. The van der Waals surface area contributed by atoms with Crippen molar-refractivity contribution < 1.29 is 0 Å². The van der Waals surface area contributed by atoms with E-state index in [-0.39, 0.29) is 0 Å². The van der Waals surface area contributed by atoms with Gasteiger partial charge in [-0.2, -0.15) is 5.10 Å². The number of thiophene rings is 1. The maximum Gasteiger partial charge on any atom is 0.151 e. The Hall–Kier alpha value is -1.46. The van der Waals surface area contributed by atoms with E-state index in [1.807, 2.05) is 11.3 Å². The van der Waals surface area contributed by atoms with Crippen LogP contribution in [-0.2, 0) is 13.1 Å². The maximum atomic E-state index is 4.46. The zero-order chi connectivity index (χ0) is 14.1. The molecule has 2 aromatic heterocycles. The molecule has 0 unspecified atom stereocenters. The summed E-state index contributed by atoms with van der Waals surface area (Å²) in [7, 11) is 0. The van der Waals surface area contributed by atoms with Crippen LogP contribution in [0, 0.1) is 0 Å². The van der Waals surface area contributed by atoms with Crippen molar-refractivity contribution in [1.82, 2.24) is 15.5 Å². The normalized spacial score (nSPS) is 17.9. The second-order valence-corrected chi connectivity index (χ2v) is 7.01. The van der Waals surface area contributed by atoms with Crippen molar-refractivity contribution >= 4 is 17.2 Å². The van der Waals surface area contributed by atoms with Gasteiger partial charge >= 0.3 is 0 Å². The summed E-state index contributed by atoms with van der Waals surface area (Å²) < 4.78 is 0. The summed E-state index contributed by atoms with van der Waals surface area (Å²) in [6.07, 6.45) is 5.17. The van der Waals surface area contributed by atoms with Gasteiger partial charge in [0, 0.05) is 23.5 Å². The third kappa shape index (κ3) is 3.41. The first-order chi connectivity index (χ1) is 10.4. The molecule has 0 aliphatic heterocycles. The highest BCUT2D eigenvalue weighted by molar-refractivity contribution is 7.09. The Bertz CT molecular complexity index is 573. The summed E-state index contributed by atoms with van der Waals surface area (Å²) in [6.45, 7) is 1.79. The molecule has 0 atom stereocenters. The van der Waals surface area contributed by atoms with Gasteiger partial charge in [0.25, 0.3) is 0 Å². The van der Waals surface area contributed by atoms with E-state index in [4.69, 9.17) is 0 Å². The molecule has 1 N–H and O–H groups in total. The van der Waals surface area contributed by atoms with Crippen molar-refractivity contribution in [2.75, 3.05) is 4.90 Å². The molecule has 0 spiro atoms. The minimum Gasteiger partial charge on any atom is -0.347 e. The zero-order valence-corrected chi connectivity index (χ0v) is 12.9. The van der Waals surface area contributed by atoms with Crippen LogP contribution in [0.1, 0.15) is 36.3 Å². The Balaban J connectivity index is 1.44. The summed E-state index contributed by atoms with van der Waals surface area (Å²) in [5.41, 5.74) is 1.04. The molecule has 2 aliphatic carbocycles. The van der Waals surface area contributed by atoms with E-state index in [0.717, 1.165) is 24.6 Å². The van der Waals surface area contributed by atoms with Gasteiger partial charge in [-0.15, -0.1) is 16.4 Å². The highest BCUT2D eigenvalue weighted by atomic mass is 32.1. The minimum absolute atomic E-state index is 0.650. The van der Waals surface area contributed by atoms with Crippen molar-refractivity contribution in [3.05, 3.63) is 40.2 Å². The molecule has 110 valence electrons. The van der Waals surface area contributed by atoms with Crippen LogP contribution in [0.5, 0.6) is 0 Å². The van der Waals surface area contributed by atoms with E-state index >= 15 is 0 Å². The zero-order valence-electron chi connectivity index (χ0n) is 12.0. The first kappa shape index (κ1) is 13.2. The average Bonchev–Trinajstić information content (AvgIpc) is 3.44. The molecule has 5 heteroatoms. The predicted octanol–water partition coefficient (Wildman–Crippen LogP) is 2.96. The van der Waals surface area contributed by atoms with E-state index in [1.165, 1.54) is 30.6 Å². The van der Waals surface area contributed by atoms with Gasteiger partial charge in [0.15, 0.2) is 5.82 Å². The number of anilines is 1. The molecular weight excluding hydrogens is 280 g/mol. The third-order valence-corrected chi connectivity index (χ3v) is 4.90. The first-order valence-electron chi connectivity index (χ1n) is 7.73. The monoisotopic (exact) mass is 300 g/mol. The van der Waals surface area contributed by atoms with Crippen LogP contribution in [0.4, 0.5) is 5.82 Å². The largest absolute Gasteiger partial charge is 0.347 e. The fourth-order valence-corrected chi connectivity index (χ4v) is 3.19. The molecule has 0 aromatic carbocycles. The third-order valence-electron chi connectivity index (χ3n) is 4.04. The molecule has 0 saturated heterocycles. The van der Waals surface area contributed by atoms with Crippen LogP contribution in [0.2, 0.25) is 0 Å². The molecular formula is C16H20N4S. The van der Waals surface area contributed by atoms with Gasteiger partial charge in [0.1, 0.15) is 0 Å². The van der Waals surface area contributed by atoms with Gasteiger partial charge in [-0.1, -0.05) is 6.07 Å². The molecule has 2 aromatic rings. The van der Waals surface area contributed by atoms with E-state index in [9.17, 15) is 0 Å². The van der Waals surface area contributed by atoms with Crippen molar-refractivity contribution in [2.24, 2.45) is 0 Å². The fraction of sp³-hybridized carbons (Fsp3) is 0.500. The minimum atomic E-state index is 0.650. The lowest BCUT2D eigenvalue weighted by atomic mass is 10.3. The van der Waals surface area contributed by atoms with Crippen molar-refractivity contribution in [3.63, 3.8) is 0 Å². The van der Waals surface area contributed by atoms with Gasteiger partial charge in [-0.25, -0.2) is 0 Å². The van der Waals surface area contributed by atoms with Gasteiger partial charge in [-0.05, 0) is 49.3 Å². The Kier molecular flexibility index (Phi) is 3.61. The van der Waals surface area contributed by atoms with Crippen molar-refractivity contribution in [2.45, 2.75) is 50.9 Å². The number of rotatable bonds is 7. The van der Waals surface area contributed by atoms with Gasteiger partial charge in [0.2, 0.25) is 0 Å². The van der Waals surface area contributed by atoms with Crippen LogP contribution in [0.15, 0.2) is 29.6 Å². The Morgan fingerprint density at radius 3 is 2.67 bits per heavy atom. The van der Waals surface area contributed by atoms with Gasteiger partial charge in [-0.3, -0.25) is 0 Å². The summed E-state index contributed by atoms with van der Waals surface area (Å²) in [4.78, 5) is 3.79. The van der Waals surface area contributed by atoms with Gasteiger partial charge in [0.05, 0.1) is 12.2 Å². The molecule has 21 heavy (non-hydrogen) atoms. The number of nitrogens with zero attached hydrogens (tertiary/aromatic N) is 3. The predicted molar refractivity (Wildman–Crippen MR) is 85.4 cm³/mol. The second-order valence-electron chi connectivity index (χ2n) is 5.98. The van der Waals surface area contributed by atoms with Crippen molar-refractivity contribution in [1.29, 1.82) is 0 Å². The Morgan fingerprint density at radius 2 is 2.05 bits per heavy atom. The average molecular weight is 300 g/mol. The van der Waals surface area contributed by atoms with Crippen LogP contribution < -0.4 is 10.2 Å². The number of aromatic nitrogens is 2. The quantitative estimate of drug-likeness (QED) is 0.853. The van der Waals surface area contributed by atoms with E-state index in [1.54, 1.807) is 0 Å². The van der Waals surface area contributed by atoms with Crippen molar-refractivity contribution in [3.8, 4) is 0 Å². The summed E-state index contributed by atoms with van der Waals surface area (Å²) in [6, 6.07) is 9.92. The Labute approximate surface area is 129 Å². The lowest BCUT2D eigenvalue weighted by Gasteiger charge is -2.22. The van der Waals surface area contributed by atoms with Crippen LogP contribution >= 0.6 is 11.3 Å². The fourth-order valence-electron chi connectivity index (χ4n) is 2.49. The van der Waals surface area contributed by atoms with E-state index in [0.29, 0.717) is 12.1 Å². The second kappa shape index (κ2) is 5.73. The molecule has 0 amide bonds. The summed E-state index contributed by atoms with van der Waals surface area (Å²) in [5.74, 6) is 1.01. The first-order valence-corrected chi connectivity index (χ1v) is 8.61. The molecule has 2 aliphatic rings. The van der Waals surface area contributed by atoms with Crippen LogP contribution in [0.3, 0.4) is 0 Å².